The van der Waals surface area contributed by atoms with Gasteiger partial charge in [0.15, 0.2) is 0 Å². The predicted octanol–water partition coefficient (Wildman–Crippen LogP) is 1.44. The van der Waals surface area contributed by atoms with E-state index in [0.717, 1.165) is 11.3 Å². The van der Waals surface area contributed by atoms with Crippen LogP contribution in [-0.2, 0) is 16.0 Å². The fraction of sp³-hybridized carbons (Fsp3) is 0.412. The molecule has 1 aliphatic rings. The van der Waals surface area contributed by atoms with Crippen LogP contribution >= 0.6 is 0 Å². The molecule has 0 spiro atoms. The average Bonchev–Trinajstić information content (AvgIpc) is 3.34. The van der Waals surface area contributed by atoms with Gasteiger partial charge in [-0.15, -0.1) is 6.58 Å². The van der Waals surface area contributed by atoms with Crippen LogP contribution in [0.4, 0.5) is 0 Å². The number of hydrogen-bond donors (Lipinski definition) is 2. The highest BCUT2D eigenvalue weighted by molar-refractivity contribution is 6.07. The number of amides is 2. The van der Waals surface area contributed by atoms with Gasteiger partial charge in [-0.05, 0) is 37.0 Å². The molecule has 1 aliphatic carbocycles. The molecule has 0 aromatic heterocycles. The number of carbonyl (C=O) groups excluding carboxylic acids is 2. The molecular formula is C17H22N2O3. The Morgan fingerprint density at radius 3 is 2.68 bits per heavy atom. The van der Waals surface area contributed by atoms with E-state index >= 15 is 0 Å². The topological polar surface area (TPSA) is 67.4 Å². The van der Waals surface area contributed by atoms with Gasteiger partial charge in [-0.25, -0.2) is 0 Å². The molecule has 0 saturated heterocycles. The summed E-state index contributed by atoms with van der Waals surface area (Å²) < 4.78 is 5.17. The molecule has 1 aromatic rings. The van der Waals surface area contributed by atoms with Gasteiger partial charge in [0, 0.05) is 13.1 Å². The minimum atomic E-state index is -0.864. The second kappa shape index (κ2) is 7.11. The monoisotopic (exact) mass is 302 g/mol. The van der Waals surface area contributed by atoms with Crippen molar-refractivity contribution in [3.8, 4) is 5.75 Å². The molecule has 0 heterocycles. The van der Waals surface area contributed by atoms with E-state index in [0.29, 0.717) is 32.4 Å². The summed E-state index contributed by atoms with van der Waals surface area (Å²) in [6, 6.07) is 7.72. The third-order valence-electron chi connectivity index (χ3n) is 3.86. The zero-order valence-electron chi connectivity index (χ0n) is 12.9. The minimum Gasteiger partial charge on any atom is -0.497 e. The van der Waals surface area contributed by atoms with Crippen molar-refractivity contribution < 1.29 is 14.3 Å². The van der Waals surface area contributed by atoms with Crippen molar-refractivity contribution in [1.82, 2.24) is 10.6 Å². The van der Waals surface area contributed by atoms with Crippen LogP contribution < -0.4 is 15.4 Å². The van der Waals surface area contributed by atoms with Crippen molar-refractivity contribution in [2.24, 2.45) is 5.41 Å². The summed E-state index contributed by atoms with van der Waals surface area (Å²) in [6.45, 7) is 4.44. The molecule has 5 heteroatoms. The van der Waals surface area contributed by atoms with Gasteiger partial charge in [-0.1, -0.05) is 18.2 Å². The number of ether oxygens (including phenoxy) is 1. The Morgan fingerprint density at radius 1 is 1.32 bits per heavy atom. The fourth-order valence-electron chi connectivity index (χ4n) is 2.33. The first-order valence-corrected chi connectivity index (χ1v) is 7.43. The zero-order valence-corrected chi connectivity index (χ0v) is 12.9. The standard InChI is InChI=1S/C17H22N2O3/c1-3-10-18-15(20)17(8-9-17)16(21)19-11-7-13-5-4-6-14(12-13)22-2/h3-6,12H,1,7-11H2,2H3,(H,18,20)(H,19,21). The molecule has 1 fully saturated rings. The van der Waals surface area contributed by atoms with Crippen LogP contribution in [0.2, 0.25) is 0 Å². The predicted molar refractivity (Wildman–Crippen MR) is 84.6 cm³/mol. The van der Waals surface area contributed by atoms with E-state index in [1.807, 2.05) is 24.3 Å². The largest absolute Gasteiger partial charge is 0.497 e. The molecule has 22 heavy (non-hydrogen) atoms. The van der Waals surface area contributed by atoms with Crippen molar-refractivity contribution >= 4 is 11.8 Å². The van der Waals surface area contributed by atoms with Gasteiger partial charge < -0.3 is 15.4 Å². The highest BCUT2D eigenvalue weighted by Gasteiger charge is 2.56. The smallest absolute Gasteiger partial charge is 0.235 e. The second-order valence-corrected chi connectivity index (χ2v) is 5.44. The van der Waals surface area contributed by atoms with Gasteiger partial charge in [-0.3, -0.25) is 9.59 Å². The molecule has 0 atom stereocenters. The number of hydrogen-bond acceptors (Lipinski definition) is 3. The number of carbonyl (C=O) groups is 2. The summed E-state index contributed by atoms with van der Waals surface area (Å²) in [6.07, 6.45) is 3.53. The molecule has 1 aromatic carbocycles. The maximum atomic E-state index is 12.2. The van der Waals surface area contributed by atoms with Crippen LogP contribution in [0.3, 0.4) is 0 Å². The second-order valence-electron chi connectivity index (χ2n) is 5.44. The Hall–Kier alpha value is -2.30. The Balaban J connectivity index is 1.82. The lowest BCUT2D eigenvalue weighted by Crippen LogP contribution is -2.43. The average molecular weight is 302 g/mol. The van der Waals surface area contributed by atoms with E-state index in [1.54, 1.807) is 13.2 Å². The highest BCUT2D eigenvalue weighted by Crippen LogP contribution is 2.46. The van der Waals surface area contributed by atoms with Gasteiger partial charge in [0.2, 0.25) is 11.8 Å². The maximum Gasteiger partial charge on any atom is 0.235 e. The first kappa shape index (κ1) is 16.1. The van der Waals surface area contributed by atoms with Crippen molar-refractivity contribution in [3.05, 3.63) is 42.5 Å². The van der Waals surface area contributed by atoms with Crippen LogP contribution in [-0.4, -0.2) is 32.0 Å². The zero-order chi connectivity index (χ0) is 16.0. The van der Waals surface area contributed by atoms with Gasteiger partial charge in [0.1, 0.15) is 11.2 Å². The lowest BCUT2D eigenvalue weighted by molar-refractivity contribution is -0.137. The van der Waals surface area contributed by atoms with E-state index in [4.69, 9.17) is 4.74 Å². The molecule has 118 valence electrons. The van der Waals surface area contributed by atoms with E-state index in [9.17, 15) is 9.59 Å². The summed E-state index contributed by atoms with van der Waals surface area (Å²) in [5.74, 6) is 0.412. The first-order valence-electron chi connectivity index (χ1n) is 7.43. The molecule has 2 amide bonds. The maximum absolute atomic E-state index is 12.2. The van der Waals surface area contributed by atoms with E-state index in [-0.39, 0.29) is 11.8 Å². The third kappa shape index (κ3) is 3.67. The fourth-order valence-corrected chi connectivity index (χ4v) is 2.33. The third-order valence-corrected chi connectivity index (χ3v) is 3.86. The van der Waals surface area contributed by atoms with Crippen molar-refractivity contribution in [3.63, 3.8) is 0 Å². The van der Waals surface area contributed by atoms with Gasteiger partial charge in [-0.2, -0.15) is 0 Å². The SMILES string of the molecule is C=CCNC(=O)C1(C(=O)NCCc2cccc(OC)c2)CC1. The van der Waals surface area contributed by atoms with Gasteiger partial charge in [0.25, 0.3) is 0 Å². The highest BCUT2D eigenvalue weighted by atomic mass is 16.5. The molecule has 5 nitrogen and oxygen atoms in total. The summed E-state index contributed by atoms with van der Waals surface area (Å²) in [4.78, 5) is 24.2. The molecule has 2 rings (SSSR count). The molecule has 0 aliphatic heterocycles. The summed E-state index contributed by atoms with van der Waals surface area (Å²) in [5.41, 5.74) is 0.220. The molecular weight excluding hydrogens is 280 g/mol. The minimum absolute atomic E-state index is 0.183. The number of methoxy groups -OCH3 is 1. The van der Waals surface area contributed by atoms with E-state index < -0.39 is 5.41 Å². The summed E-state index contributed by atoms with van der Waals surface area (Å²) >= 11 is 0. The van der Waals surface area contributed by atoms with Crippen LogP contribution in [0.15, 0.2) is 36.9 Å². The van der Waals surface area contributed by atoms with Crippen LogP contribution in [0.5, 0.6) is 5.75 Å². The van der Waals surface area contributed by atoms with Crippen LogP contribution in [0, 0.1) is 5.41 Å². The van der Waals surface area contributed by atoms with E-state index in [2.05, 4.69) is 17.2 Å². The lowest BCUT2D eigenvalue weighted by atomic mass is 10.0. The molecule has 1 saturated carbocycles. The Bertz CT molecular complexity index is 565. The quantitative estimate of drug-likeness (QED) is 0.564. The Kier molecular flexibility index (Phi) is 5.20. The van der Waals surface area contributed by atoms with Crippen LogP contribution in [0.1, 0.15) is 18.4 Å². The Labute approximate surface area is 130 Å². The van der Waals surface area contributed by atoms with Crippen molar-refractivity contribution in [2.75, 3.05) is 20.2 Å². The normalized spacial score (nSPS) is 14.8. The van der Waals surface area contributed by atoms with Gasteiger partial charge in [0.05, 0.1) is 7.11 Å². The molecule has 0 radical (unpaired) electrons. The van der Waals surface area contributed by atoms with E-state index in [1.165, 1.54) is 0 Å². The Morgan fingerprint density at radius 2 is 2.05 bits per heavy atom. The summed E-state index contributed by atoms with van der Waals surface area (Å²) in [5, 5.41) is 5.57. The van der Waals surface area contributed by atoms with Crippen molar-refractivity contribution in [2.45, 2.75) is 19.3 Å². The molecule has 0 bridgehead atoms. The number of nitrogens with one attached hydrogen (secondary N) is 2. The number of rotatable bonds is 8. The molecule has 0 unspecified atom stereocenters. The summed E-state index contributed by atoms with van der Waals surface area (Å²) in [7, 11) is 1.62. The van der Waals surface area contributed by atoms with Crippen LogP contribution in [0.25, 0.3) is 0 Å². The van der Waals surface area contributed by atoms with Crippen molar-refractivity contribution in [1.29, 1.82) is 0 Å². The number of benzene rings is 1. The molecule has 2 N–H and O–H groups in total. The van der Waals surface area contributed by atoms with Gasteiger partial charge >= 0.3 is 0 Å². The lowest BCUT2D eigenvalue weighted by Gasteiger charge is -2.14. The first-order chi connectivity index (χ1) is 10.6.